The SMILES string of the molecule is C.NC1(N)C=CC=CC1(Cl)Cl. The zero-order valence-corrected chi connectivity index (χ0v) is 6.73. The lowest BCUT2D eigenvalue weighted by molar-refractivity contribution is 0.530. The molecule has 11 heavy (non-hydrogen) atoms. The highest BCUT2D eigenvalue weighted by atomic mass is 35.5. The van der Waals surface area contributed by atoms with E-state index in [1.54, 1.807) is 24.3 Å². The third-order valence-electron chi connectivity index (χ3n) is 1.37. The largest absolute Gasteiger partial charge is 0.307 e. The molecule has 0 saturated carbocycles. The number of nitrogens with two attached hydrogens (primary N) is 2. The standard InChI is InChI=1S/C6H8Cl2N2.CH4/c7-5(8)3-1-2-4-6(5,9)10;/h1-4H,9-10H2;1H4. The van der Waals surface area contributed by atoms with E-state index in [4.69, 9.17) is 34.7 Å². The van der Waals surface area contributed by atoms with Crippen LogP contribution >= 0.6 is 23.2 Å². The van der Waals surface area contributed by atoms with E-state index in [2.05, 4.69) is 0 Å². The van der Waals surface area contributed by atoms with Crippen LogP contribution in [0.1, 0.15) is 7.43 Å². The maximum atomic E-state index is 5.74. The topological polar surface area (TPSA) is 52.0 Å². The quantitative estimate of drug-likeness (QED) is 0.455. The molecule has 0 fully saturated rings. The molecule has 1 aliphatic carbocycles. The van der Waals surface area contributed by atoms with Crippen LogP contribution in [0.5, 0.6) is 0 Å². The van der Waals surface area contributed by atoms with Gasteiger partial charge in [-0.2, -0.15) is 0 Å². The second-order valence-electron chi connectivity index (χ2n) is 2.27. The van der Waals surface area contributed by atoms with Gasteiger partial charge in [0, 0.05) is 0 Å². The number of hydrogen-bond acceptors (Lipinski definition) is 2. The van der Waals surface area contributed by atoms with Crippen molar-refractivity contribution in [1.82, 2.24) is 0 Å². The smallest absolute Gasteiger partial charge is 0.170 e. The maximum absolute atomic E-state index is 5.74. The molecule has 0 spiro atoms. The first-order valence-electron chi connectivity index (χ1n) is 2.78. The van der Waals surface area contributed by atoms with Gasteiger partial charge in [-0.1, -0.05) is 42.8 Å². The summed E-state index contributed by atoms with van der Waals surface area (Å²) in [6, 6.07) is 0. The van der Waals surface area contributed by atoms with Crippen molar-refractivity contribution in [2.75, 3.05) is 0 Å². The molecule has 0 unspecified atom stereocenters. The Morgan fingerprint density at radius 1 is 1.00 bits per heavy atom. The van der Waals surface area contributed by atoms with Gasteiger partial charge < -0.3 is 11.5 Å². The second-order valence-corrected chi connectivity index (χ2v) is 3.66. The second kappa shape index (κ2) is 3.15. The van der Waals surface area contributed by atoms with E-state index in [0.29, 0.717) is 0 Å². The van der Waals surface area contributed by atoms with E-state index < -0.39 is 10.00 Å². The van der Waals surface area contributed by atoms with Gasteiger partial charge in [-0.05, 0) is 12.2 Å². The Bertz CT molecular complexity index is 173. The predicted octanol–water partition coefficient (Wildman–Crippen LogP) is 1.54. The van der Waals surface area contributed by atoms with Gasteiger partial charge in [0.25, 0.3) is 0 Å². The van der Waals surface area contributed by atoms with Crippen LogP contribution in [-0.4, -0.2) is 10.00 Å². The minimum atomic E-state index is -1.19. The first kappa shape index (κ1) is 11.0. The molecule has 0 atom stereocenters. The van der Waals surface area contributed by atoms with Gasteiger partial charge in [0.1, 0.15) is 5.66 Å². The molecule has 0 bridgehead atoms. The van der Waals surface area contributed by atoms with Gasteiger partial charge in [0.15, 0.2) is 4.33 Å². The molecule has 4 heteroatoms. The van der Waals surface area contributed by atoms with E-state index in [1.807, 2.05) is 0 Å². The predicted molar refractivity (Wildman–Crippen MR) is 50.6 cm³/mol. The van der Waals surface area contributed by atoms with Crippen LogP contribution in [-0.2, 0) is 0 Å². The van der Waals surface area contributed by atoms with Crippen molar-refractivity contribution in [3.05, 3.63) is 24.3 Å². The monoisotopic (exact) mass is 194 g/mol. The van der Waals surface area contributed by atoms with Crippen molar-refractivity contribution in [1.29, 1.82) is 0 Å². The van der Waals surface area contributed by atoms with Gasteiger partial charge in [-0.3, -0.25) is 0 Å². The lowest BCUT2D eigenvalue weighted by Gasteiger charge is -2.33. The zero-order valence-electron chi connectivity index (χ0n) is 5.22. The Kier molecular flexibility index (Phi) is 3.15. The van der Waals surface area contributed by atoms with Crippen molar-refractivity contribution < 1.29 is 0 Å². The lowest BCUT2D eigenvalue weighted by atomic mass is 10.0. The highest BCUT2D eigenvalue weighted by Gasteiger charge is 2.40. The highest BCUT2D eigenvalue weighted by Crippen LogP contribution is 2.33. The average Bonchev–Trinajstić information content (AvgIpc) is 1.77. The summed E-state index contributed by atoms with van der Waals surface area (Å²) in [5.74, 6) is 0. The minimum absolute atomic E-state index is 0. The van der Waals surface area contributed by atoms with Crippen molar-refractivity contribution in [3.8, 4) is 0 Å². The van der Waals surface area contributed by atoms with Crippen LogP contribution in [0.15, 0.2) is 24.3 Å². The summed E-state index contributed by atoms with van der Waals surface area (Å²) < 4.78 is -1.19. The summed E-state index contributed by atoms with van der Waals surface area (Å²) in [5, 5.41) is 0. The summed E-state index contributed by atoms with van der Waals surface area (Å²) in [4.78, 5) is 0. The van der Waals surface area contributed by atoms with Crippen LogP contribution in [0, 0.1) is 0 Å². The fourth-order valence-electron chi connectivity index (χ4n) is 0.647. The van der Waals surface area contributed by atoms with Crippen molar-refractivity contribution in [2.24, 2.45) is 11.5 Å². The van der Waals surface area contributed by atoms with E-state index in [1.165, 1.54) is 0 Å². The molecule has 64 valence electrons. The lowest BCUT2D eigenvalue weighted by Crippen LogP contribution is -2.60. The fourth-order valence-corrected chi connectivity index (χ4v) is 0.918. The number of halogens is 2. The molecule has 0 radical (unpaired) electrons. The van der Waals surface area contributed by atoms with E-state index in [0.717, 1.165) is 0 Å². The van der Waals surface area contributed by atoms with Crippen molar-refractivity contribution in [2.45, 2.75) is 17.4 Å². The number of alkyl halides is 2. The summed E-state index contributed by atoms with van der Waals surface area (Å²) in [7, 11) is 0. The van der Waals surface area contributed by atoms with Gasteiger partial charge in [0.05, 0.1) is 0 Å². The molecule has 0 aromatic carbocycles. The molecule has 0 aliphatic heterocycles. The van der Waals surface area contributed by atoms with E-state index in [9.17, 15) is 0 Å². The van der Waals surface area contributed by atoms with Crippen LogP contribution in [0.2, 0.25) is 0 Å². The van der Waals surface area contributed by atoms with Crippen LogP contribution in [0.25, 0.3) is 0 Å². The van der Waals surface area contributed by atoms with Gasteiger partial charge in [0.2, 0.25) is 0 Å². The Morgan fingerprint density at radius 2 is 1.45 bits per heavy atom. The molecular weight excluding hydrogens is 183 g/mol. The van der Waals surface area contributed by atoms with Crippen molar-refractivity contribution >= 4 is 23.2 Å². The molecule has 0 aromatic rings. The average molecular weight is 195 g/mol. The first-order valence-corrected chi connectivity index (χ1v) is 3.54. The molecule has 0 amide bonds. The molecule has 2 nitrogen and oxygen atoms in total. The molecule has 0 saturated heterocycles. The normalized spacial score (nSPS) is 24.4. The Balaban J connectivity index is 0.000001000. The Morgan fingerprint density at radius 3 is 1.73 bits per heavy atom. The zero-order chi connectivity index (χ0) is 7.83. The van der Waals surface area contributed by atoms with Gasteiger partial charge in [-0.15, -0.1) is 0 Å². The number of hydrogen-bond donors (Lipinski definition) is 2. The first-order chi connectivity index (χ1) is 4.46. The van der Waals surface area contributed by atoms with Crippen LogP contribution in [0.3, 0.4) is 0 Å². The Hall–Kier alpha value is -0.0200. The van der Waals surface area contributed by atoms with Crippen molar-refractivity contribution in [3.63, 3.8) is 0 Å². The number of allylic oxidation sites excluding steroid dienone is 2. The van der Waals surface area contributed by atoms with Gasteiger partial charge in [-0.25, -0.2) is 0 Å². The van der Waals surface area contributed by atoms with E-state index >= 15 is 0 Å². The molecule has 0 aromatic heterocycles. The maximum Gasteiger partial charge on any atom is 0.170 e. The van der Waals surface area contributed by atoms with Gasteiger partial charge >= 0.3 is 0 Å². The van der Waals surface area contributed by atoms with E-state index in [-0.39, 0.29) is 7.43 Å². The summed E-state index contributed by atoms with van der Waals surface area (Å²) in [6.45, 7) is 0. The molecule has 1 rings (SSSR count). The third kappa shape index (κ3) is 1.97. The highest BCUT2D eigenvalue weighted by molar-refractivity contribution is 6.51. The molecule has 0 heterocycles. The van der Waals surface area contributed by atoms with Crippen LogP contribution in [0.4, 0.5) is 0 Å². The molecule has 4 N–H and O–H groups in total. The summed E-state index contributed by atoms with van der Waals surface area (Å²) in [5.41, 5.74) is 9.90. The Labute approximate surface area is 76.8 Å². The summed E-state index contributed by atoms with van der Waals surface area (Å²) >= 11 is 11.5. The minimum Gasteiger partial charge on any atom is -0.307 e. The fraction of sp³-hybridized carbons (Fsp3) is 0.429. The molecule has 1 aliphatic rings. The number of rotatable bonds is 0. The summed E-state index contributed by atoms with van der Waals surface area (Å²) in [6.07, 6.45) is 6.53. The molecular formula is C7H12Cl2N2. The van der Waals surface area contributed by atoms with Crippen LogP contribution < -0.4 is 11.5 Å². The third-order valence-corrected chi connectivity index (χ3v) is 2.27.